The summed E-state index contributed by atoms with van der Waals surface area (Å²) in [5.41, 5.74) is 6.90. The fourth-order valence-electron chi connectivity index (χ4n) is 2.36. The van der Waals surface area contributed by atoms with E-state index < -0.39 is 0 Å². The summed E-state index contributed by atoms with van der Waals surface area (Å²) >= 11 is 3.42. The van der Waals surface area contributed by atoms with Gasteiger partial charge in [0.2, 0.25) is 0 Å². The summed E-state index contributed by atoms with van der Waals surface area (Å²) in [6, 6.07) is 2.02. The van der Waals surface area contributed by atoms with Gasteiger partial charge in [0.1, 0.15) is 5.82 Å². The molecule has 0 unspecified atom stereocenters. The van der Waals surface area contributed by atoms with Crippen molar-refractivity contribution in [3.8, 4) is 0 Å². The zero-order valence-corrected chi connectivity index (χ0v) is 13.7. The van der Waals surface area contributed by atoms with Gasteiger partial charge in [-0.15, -0.1) is 0 Å². The SMILES string of the molecule is CN1CCN(CCCNCc2cc(Br)cnc2N)CC1. The summed E-state index contributed by atoms with van der Waals surface area (Å²) in [6.07, 6.45) is 2.90. The highest BCUT2D eigenvalue weighted by Crippen LogP contribution is 2.15. The second kappa shape index (κ2) is 7.93. The molecule has 2 rings (SSSR count). The summed E-state index contributed by atoms with van der Waals surface area (Å²) in [5.74, 6) is 0.611. The Morgan fingerprint density at radius 2 is 2.10 bits per heavy atom. The molecule has 112 valence electrons. The standard InChI is InChI=1S/C14H24BrN5/c1-19-5-7-20(8-6-19)4-2-3-17-10-12-9-13(15)11-18-14(12)16/h9,11,17H,2-8,10H2,1H3,(H2,16,18). The minimum atomic E-state index is 0.611. The van der Waals surface area contributed by atoms with Crippen molar-refractivity contribution < 1.29 is 0 Å². The fraction of sp³-hybridized carbons (Fsp3) is 0.643. The van der Waals surface area contributed by atoms with Gasteiger partial charge in [-0.2, -0.15) is 0 Å². The number of anilines is 1. The van der Waals surface area contributed by atoms with Crippen molar-refractivity contribution in [2.75, 3.05) is 52.0 Å². The second-order valence-electron chi connectivity index (χ2n) is 5.37. The van der Waals surface area contributed by atoms with Gasteiger partial charge in [-0.05, 0) is 48.6 Å². The third-order valence-corrected chi connectivity index (χ3v) is 4.14. The molecular formula is C14H24BrN5. The van der Waals surface area contributed by atoms with E-state index in [-0.39, 0.29) is 0 Å². The zero-order valence-electron chi connectivity index (χ0n) is 12.1. The van der Waals surface area contributed by atoms with E-state index in [0.29, 0.717) is 5.82 Å². The molecule has 1 saturated heterocycles. The third kappa shape index (κ3) is 5.01. The lowest BCUT2D eigenvalue weighted by molar-refractivity contribution is 0.153. The Morgan fingerprint density at radius 3 is 2.85 bits per heavy atom. The Bertz CT molecular complexity index is 418. The number of hydrogen-bond donors (Lipinski definition) is 2. The highest BCUT2D eigenvalue weighted by molar-refractivity contribution is 9.10. The van der Waals surface area contributed by atoms with Crippen LogP contribution in [-0.2, 0) is 6.54 Å². The molecule has 0 aliphatic carbocycles. The molecule has 6 heteroatoms. The Balaban J connectivity index is 1.61. The third-order valence-electron chi connectivity index (χ3n) is 3.71. The average Bonchev–Trinajstić information content (AvgIpc) is 2.44. The molecular weight excluding hydrogens is 318 g/mol. The molecule has 1 aromatic rings. The number of likely N-dealkylation sites (N-methyl/N-ethyl adjacent to an activating group) is 1. The number of rotatable bonds is 6. The van der Waals surface area contributed by atoms with E-state index in [4.69, 9.17) is 5.73 Å². The minimum Gasteiger partial charge on any atom is -0.383 e. The summed E-state index contributed by atoms with van der Waals surface area (Å²) < 4.78 is 0.973. The number of halogens is 1. The average molecular weight is 342 g/mol. The lowest BCUT2D eigenvalue weighted by Gasteiger charge is -2.32. The van der Waals surface area contributed by atoms with Crippen LogP contribution >= 0.6 is 15.9 Å². The first kappa shape index (κ1) is 15.7. The van der Waals surface area contributed by atoms with Gasteiger partial charge < -0.3 is 20.9 Å². The van der Waals surface area contributed by atoms with Crippen molar-refractivity contribution >= 4 is 21.7 Å². The van der Waals surface area contributed by atoms with E-state index in [1.54, 1.807) is 6.20 Å². The molecule has 2 heterocycles. The molecule has 0 aromatic carbocycles. The highest BCUT2D eigenvalue weighted by Gasteiger charge is 2.12. The van der Waals surface area contributed by atoms with Crippen LogP contribution in [0, 0.1) is 0 Å². The maximum absolute atomic E-state index is 5.85. The summed E-state index contributed by atoms with van der Waals surface area (Å²) in [6.45, 7) is 7.73. The maximum atomic E-state index is 5.85. The molecule has 0 spiro atoms. The first-order chi connectivity index (χ1) is 9.65. The second-order valence-corrected chi connectivity index (χ2v) is 6.29. The van der Waals surface area contributed by atoms with Crippen molar-refractivity contribution in [2.45, 2.75) is 13.0 Å². The van der Waals surface area contributed by atoms with Gasteiger partial charge in [0, 0.05) is 49.0 Å². The molecule has 1 aromatic heterocycles. The molecule has 20 heavy (non-hydrogen) atoms. The highest BCUT2D eigenvalue weighted by atomic mass is 79.9. The number of nitrogens with one attached hydrogen (secondary N) is 1. The van der Waals surface area contributed by atoms with Gasteiger partial charge in [-0.25, -0.2) is 4.98 Å². The molecule has 0 amide bonds. The molecule has 1 aliphatic rings. The Hall–Kier alpha value is -0.690. The molecule has 0 bridgehead atoms. The number of piperazine rings is 1. The van der Waals surface area contributed by atoms with Crippen LogP contribution < -0.4 is 11.1 Å². The van der Waals surface area contributed by atoms with Crippen LogP contribution in [0.2, 0.25) is 0 Å². The van der Waals surface area contributed by atoms with Crippen molar-refractivity contribution in [2.24, 2.45) is 0 Å². The fourth-order valence-corrected chi connectivity index (χ4v) is 2.73. The van der Waals surface area contributed by atoms with Gasteiger partial charge in [-0.3, -0.25) is 0 Å². The quantitative estimate of drug-likeness (QED) is 0.760. The summed E-state index contributed by atoms with van der Waals surface area (Å²) in [5, 5.41) is 3.44. The number of hydrogen-bond acceptors (Lipinski definition) is 5. The number of aromatic nitrogens is 1. The number of nitrogens with two attached hydrogens (primary N) is 1. The van der Waals surface area contributed by atoms with Crippen LogP contribution in [0.4, 0.5) is 5.82 Å². The van der Waals surface area contributed by atoms with E-state index in [2.05, 4.69) is 43.1 Å². The van der Waals surface area contributed by atoms with Crippen LogP contribution in [-0.4, -0.2) is 61.1 Å². The molecule has 0 radical (unpaired) electrons. The first-order valence-electron chi connectivity index (χ1n) is 7.16. The monoisotopic (exact) mass is 341 g/mol. The van der Waals surface area contributed by atoms with Crippen molar-refractivity contribution in [3.05, 3.63) is 22.3 Å². The van der Waals surface area contributed by atoms with E-state index in [0.717, 1.165) is 23.1 Å². The van der Waals surface area contributed by atoms with Crippen LogP contribution in [0.3, 0.4) is 0 Å². The number of pyridine rings is 1. The van der Waals surface area contributed by atoms with Crippen LogP contribution in [0.5, 0.6) is 0 Å². The molecule has 1 aliphatic heterocycles. The molecule has 0 saturated carbocycles. The largest absolute Gasteiger partial charge is 0.383 e. The Labute approximate surface area is 129 Å². The van der Waals surface area contributed by atoms with Gasteiger partial charge in [0.25, 0.3) is 0 Å². The van der Waals surface area contributed by atoms with Crippen molar-refractivity contribution in [3.63, 3.8) is 0 Å². The predicted octanol–water partition coefficient (Wildman–Crippen LogP) is 1.15. The van der Waals surface area contributed by atoms with E-state index in [9.17, 15) is 0 Å². The van der Waals surface area contributed by atoms with Gasteiger partial charge in [0.15, 0.2) is 0 Å². The van der Waals surface area contributed by atoms with Gasteiger partial charge in [0.05, 0.1) is 0 Å². The van der Waals surface area contributed by atoms with E-state index in [1.807, 2.05) is 6.07 Å². The van der Waals surface area contributed by atoms with Crippen LogP contribution in [0.1, 0.15) is 12.0 Å². The van der Waals surface area contributed by atoms with Crippen LogP contribution in [0.25, 0.3) is 0 Å². The molecule has 0 atom stereocenters. The van der Waals surface area contributed by atoms with Crippen LogP contribution in [0.15, 0.2) is 16.7 Å². The lowest BCUT2D eigenvalue weighted by atomic mass is 10.2. The summed E-state index contributed by atoms with van der Waals surface area (Å²) in [4.78, 5) is 9.06. The summed E-state index contributed by atoms with van der Waals surface area (Å²) in [7, 11) is 2.19. The van der Waals surface area contributed by atoms with Gasteiger partial charge in [-0.1, -0.05) is 0 Å². The maximum Gasteiger partial charge on any atom is 0.127 e. The lowest BCUT2D eigenvalue weighted by Crippen LogP contribution is -2.45. The minimum absolute atomic E-state index is 0.611. The van der Waals surface area contributed by atoms with Gasteiger partial charge >= 0.3 is 0 Å². The molecule has 1 fully saturated rings. The zero-order chi connectivity index (χ0) is 14.4. The van der Waals surface area contributed by atoms with Crippen molar-refractivity contribution in [1.82, 2.24) is 20.1 Å². The normalized spacial score (nSPS) is 17.5. The first-order valence-corrected chi connectivity index (χ1v) is 7.96. The predicted molar refractivity (Wildman–Crippen MR) is 86.6 cm³/mol. The molecule has 5 nitrogen and oxygen atoms in total. The topological polar surface area (TPSA) is 57.4 Å². The van der Waals surface area contributed by atoms with E-state index in [1.165, 1.54) is 39.1 Å². The smallest absolute Gasteiger partial charge is 0.127 e. The van der Waals surface area contributed by atoms with Crippen molar-refractivity contribution in [1.29, 1.82) is 0 Å². The molecule has 3 N–H and O–H groups in total. The number of nitrogens with zero attached hydrogens (tertiary/aromatic N) is 3. The Morgan fingerprint density at radius 1 is 1.35 bits per heavy atom. The number of nitrogen functional groups attached to an aromatic ring is 1. The Kier molecular flexibility index (Phi) is 6.22. The van der Waals surface area contributed by atoms with E-state index >= 15 is 0 Å².